The molecule has 1 aromatic heterocycles. The molecule has 2 N–H and O–H groups in total. The lowest BCUT2D eigenvalue weighted by atomic mass is 10.2. The maximum Gasteiger partial charge on any atom is 0.259 e. The van der Waals surface area contributed by atoms with Crippen molar-refractivity contribution in [3.05, 3.63) is 35.1 Å². The van der Waals surface area contributed by atoms with Crippen LogP contribution in [-0.4, -0.2) is 21.9 Å². The van der Waals surface area contributed by atoms with Gasteiger partial charge in [0, 0.05) is 11.8 Å². The van der Waals surface area contributed by atoms with Crippen LogP contribution in [0.5, 0.6) is 0 Å². The van der Waals surface area contributed by atoms with Gasteiger partial charge >= 0.3 is 0 Å². The summed E-state index contributed by atoms with van der Waals surface area (Å²) in [5, 5.41) is 4.53. The van der Waals surface area contributed by atoms with Crippen molar-refractivity contribution in [2.24, 2.45) is 5.73 Å². The molecule has 18 heavy (non-hydrogen) atoms. The lowest BCUT2D eigenvalue weighted by molar-refractivity contribution is 0.425. The molecule has 0 saturated heterocycles. The first-order chi connectivity index (χ1) is 8.66. The summed E-state index contributed by atoms with van der Waals surface area (Å²) in [6, 6.07) is 7.57. The zero-order valence-corrected chi connectivity index (χ0v) is 11.5. The van der Waals surface area contributed by atoms with E-state index in [9.17, 15) is 0 Å². The largest absolute Gasteiger partial charge is 0.334 e. The topological polar surface area (TPSA) is 64.9 Å². The third-order valence-corrected chi connectivity index (χ3v) is 3.74. The highest BCUT2D eigenvalue weighted by Crippen LogP contribution is 2.26. The van der Waals surface area contributed by atoms with Gasteiger partial charge in [0.25, 0.3) is 5.89 Å². The quantitative estimate of drug-likeness (QED) is 0.914. The molecule has 2 aromatic rings. The van der Waals surface area contributed by atoms with Crippen molar-refractivity contribution >= 4 is 23.4 Å². The average molecular weight is 284 g/mol. The Kier molecular flexibility index (Phi) is 4.63. The predicted octanol–water partition coefficient (Wildman–Crippen LogP) is 2.97. The standard InChI is InChI=1S/C12H14ClN3OS/c1-8(14)6-18-7-11-15-12(17-16-11)9-4-2-3-5-10(9)13/h2-5,8H,6-7,14H2,1H3. The smallest absolute Gasteiger partial charge is 0.259 e. The van der Waals surface area contributed by atoms with Crippen molar-refractivity contribution in [2.75, 3.05) is 5.75 Å². The van der Waals surface area contributed by atoms with E-state index in [1.54, 1.807) is 17.8 Å². The van der Waals surface area contributed by atoms with Crippen LogP contribution in [0.4, 0.5) is 0 Å². The molecule has 0 aliphatic rings. The summed E-state index contributed by atoms with van der Waals surface area (Å²) in [4.78, 5) is 4.31. The average Bonchev–Trinajstić information content (AvgIpc) is 2.78. The Bertz CT molecular complexity index is 516. The molecule has 0 fully saturated rings. The monoisotopic (exact) mass is 283 g/mol. The number of hydrogen-bond acceptors (Lipinski definition) is 5. The van der Waals surface area contributed by atoms with E-state index in [0.717, 1.165) is 11.3 Å². The Morgan fingerprint density at radius 2 is 2.22 bits per heavy atom. The highest BCUT2D eigenvalue weighted by Gasteiger charge is 2.11. The number of aromatic nitrogens is 2. The van der Waals surface area contributed by atoms with E-state index in [0.29, 0.717) is 22.5 Å². The minimum absolute atomic E-state index is 0.171. The first-order valence-corrected chi connectivity index (χ1v) is 7.11. The Morgan fingerprint density at radius 1 is 1.44 bits per heavy atom. The first-order valence-electron chi connectivity index (χ1n) is 5.57. The van der Waals surface area contributed by atoms with Gasteiger partial charge in [-0.15, -0.1) is 0 Å². The minimum atomic E-state index is 0.171. The van der Waals surface area contributed by atoms with Crippen LogP contribution in [0.15, 0.2) is 28.8 Å². The van der Waals surface area contributed by atoms with E-state index in [1.807, 2.05) is 25.1 Å². The van der Waals surface area contributed by atoms with Crippen LogP contribution >= 0.6 is 23.4 Å². The molecule has 6 heteroatoms. The number of thioether (sulfide) groups is 1. The summed E-state index contributed by atoms with van der Waals surface area (Å²) in [6.45, 7) is 1.97. The molecular formula is C12H14ClN3OS. The van der Waals surface area contributed by atoms with Crippen LogP contribution < -0.4 is 5.73 Å². The number of benzene rings is 1. The maximum absolute atomic E-state index is 6.06. The summed E-state index contributed by atoms with van der Waals surface area (Å²) in [5.41, 5.74) is 6.43. The van der Waals surface area contributed by atoms with Gasteiger partial charge < -0.3 is 10.3 Å². The van der Waals surface area contributed by atoms with Crippen molar-refractivity contribution < 1.29 is 4.52 Å². The van der Waals surface area contributed by atoms with Gasteiger partial charge in [-0.25, -0.2) is 0 Å². The molecule has 1 heterocycles. The summed E-state index contributed by atoms with van der Waals surface area (Å²) in [6.07, 6.45) is 0. The Balaban J connectivity index is 2.04. The highest BCUT2D eigenvalue weighted by atomic mass is 35.5. The van der Waals surface area contributed by atoms with Crippen LogP contribution in [0.25, 0.3) is 11.5 Å². The Morgan fingerprint density at radius 3 is 2.94 bits per heavy atom. The van der Waals surface area contributed by atoms with E-state index in [4.69, 9.17) is 21.9 Å². The molecule has 2 rings (SSSR count). The molecule has 0 amide bonds. The number of nitrogens with zero attached hydrogens (tertiary/aromatic N) is 2. The molecule has 96 valence electrons. The fourth-order valence-electron chi connectivity index (χ4n) is 1.39. The van der Waals surface area contributed by atoms with Crippen molar-refractivity contribution in [1.82, 2.24) is 10.1 Å². The van der Waals surface area contributed by atoms with E-state index in [2.05, 4.69) is 10.1 Å². The van der Waals surface area contributed by atoms with Gasteiger partial charge in [0.1, 0.15) is 0 Å². The SMILES string of the molecule is CC(N)CSCc1noc(-c2ccccc2Cl)n1. The summed E-state index contributed by atoms with van der Waals surface area (Å²) < 4.78 is 5.20. The Labute approximate surface area is 115 Å². The van der Waals surface area contributed by atoms with E-state index in [1.165, 1.54) is 0 Å². The Hall–Kier alpha value is -1.04. The second kappa shape index (κ2) is 6.22. The van der Waals surface area contributed by atoms with Gasteiger partial charge in [-0.05, 0) is 19.1 Å². The van der Waals surface area contributed by atoms with Gasteiger partial charge in [0.2, 0.25) is 0 Å². The molecule has 0 aliphatic carbocycles. The van der Waals surface area contributed by atoms with Gasteiger partial charge in [-0.1, -0.05) is 28.9 Å². The normalized spacial score (nSPS) is 12.6. The first kappa shape index (κ1) is 13.4. The van der Waals surface area contributed by atoms with Crippen molar-refractivity contribution in [3.63, 3.8) is 0 Å². The molecule has 4 nitrogen and oxygen atoms in total. The second-order valence-electron chi connectivity index (χ2n) is 3.99. The van der Waals surface area contributed by atoms with Crippen LogP contribution in [-0.2, 0) is 5.75 Å². The van der Waals surface area contributed by atoms with Gasteiger partial charge in [-0.3, -0.25) is 0 Å². The molecule has 0 aliphatic heterocycles. The number of rotatable bonds is 5. The number of halogens is 1. The third kappa shape index (κ3) is 3.48. The van der Waals surface area contributed by atoms with Gasteiger partial charge in [-0.2, -0.15) is 16.7 Å². The highest BCUT2D eigenvalue weighted by molar-refractivity contribution is 7.98. The molecule has 1 atom stereocenters. The zero-order valence-electron chi connectivity index (χ0n) is 9.97. The third-order valence-electron chi connectivity index (χ3n) is 2.18. The molecule has 0 saturated carbocycles. The maximum atomic E-state index is 6.06. The lowest BCUT2D eigenvalue weighted by Gasteiger charge is -2.01. The fourth-order valence-corrected chi connectivity index (χ4v) is 2.40. The van der Waals surface area contributed by atoms with E-state index in [-0.39, 0.29) is 6.04 Å². The predicted molar refractivity (Wildman–Crippen MR) is 74.6 cm³/mol. The number of hydrogen-bond donors (Lipinski definition) is 1. The molecular weight excluding hydrogens is 270 g/mol. The summed E-state index contributed by atoms with van der Waals surface area (Å²) >= 11 is 7.75. The molecule has 1 aromatic carbocycles. The van der Waals surface area contributed by atoms with Crippen molar-refractivity contribution in [3.8, 4) is 11.5 Å². The van der Waals surface area contributed by atoms with Crippen molar-refractivity contribution in [1.29, 1.82) is 0 Å². The van der Waals surface area contributed by atoms with Crippen LogP contribution in [0, 0.1) is 0 Å². The molecule has 0 radical (unpaired) electrons. The fraction of sp³-hybridized carbons (Fsp3) is 0.333. The van der Waals surface area contributed by atoms with Crippen LogP contribution in [0.1, 0.15) is 12.7 Å². The molecule has 1 unspecified atom stereocenters. The zero-order chi connectivity index (χ0) is 13.0. The number of nitrogens with two attached hydrogens (primary N) is 1. The van der Waals surface area contributed by atoms with E-state index >= 15 is 0 Å². The van der Waals surface area contributed by atoms with Gasteiger partial charge in [0.15, 0.2) is 5.82 Å². The van der Waals surface area contributed by atoms with Crippen LogP contribution in [0.3, 0.4) is 0 Å². The van der Waals surface area contributed by atoms with Crippen molar-refractivity contribution in [2.45, 2.75) is 18.7 Å². The lowest BCUT2D eigenvalue weighted by Crippen LogP contribution is -2.17. The van der Waals surface area contributed by atoms with Crippen LogP contribution in [0.2, 0.25) is 5.02 Å². The molecule has 0 bridgehead atoms. The second-order valence-corrected chi connectivity index (χ2v) is 5.43. The van der Waals surface area contributed by atoms with Gasteiger partial charge in [0.05, 0.1) is 16.3 Å². The summed E-state index contributed by atoms with van der Waals surface area (Å²) in [5.74, 6) is 2.68. The molecule has 0 spiro atoms. The van der Waals surface area contributed by atoms with E-state index < -0.39 is 0 Å². The minimum Gasteiger partial charge on any atom is -0.334 e. The summed E-state index contributed by atoms with van der Waals surface area (Å²) in [7, 11) is 0.